The number of aryl methyl sites for hydroxylation is 3. The van der Waals surface area contributed by atoms with Crippen LogP contribution in [0.2, 0.25) is 0 Å². The summed E-state index contributed by atoms with van der Waals surface area (Å²) in [6.07, 6.45) is 1.47. The highest BCUT2D eigenvalue weighted by atomic mass is 19.1. The molecule has 0 aliphatic carbocycles. The molecule has 0 unspecified atom stereocenters. The second-order valence-corrected chi connectivity index (χ2v) is 7.87. The fraction of sp³-hybridized carbons (Fsp3) is 0.160. The van der Waals surface area contributed by atoms with E-state index in [4.69, 9.17) is 0 Å². The van der Waals surface area contributed by atoms with Gasteiger partial charge < -0.3 is 4.57 Å². The lowest BCUT2D eigenvalue weighted by Gasteiger charge is -2.26. The van der Waals surface area contributed by atoms with E-state index in [1.165, 1.54) is 18.2 Å². The fourth-order valence-electron chi connectivity index (χ4n) is 3.86. The topological polar surface area (TPSA) is 71.4 Å². The van der Waals surface area contributed by atoms with Crippen molar-refractivity contribution in [3.8, 4) is 5.69 Å². The van der Waals surface area contributed by atoms with E-state index in [0.29, 0.717) is 16.9 Å². The van der Waals surface area contributed by atoms with Gasteiger partial charge in [-0.2, -0.15) is 0 Å². The van der Waals surface area contributed by atoms with Gasteiger partial charge in [-0.25, -0.2) is 14.1 Å². The number of anilines is 1. The van der Waals surface area contributed by atoms with Gasteiger partial charge in [-0.3, -0.25) is 14.9 Å². The second-order valence-electron chi connectivity index (χ2n) is 7.87. The third-order valence-electron chi connectivity index (χ3n) is 5.69. The molecule has 2 heterocycles. The lowest BCUT2D eigenvalue weighted by Crippen LogP contribution is -2.54. The predicted octanol–water partition coefficient (Wildman–Crippen LogP) is 4.52. The van der Waals surface area contributed by atoms with E-state index < -0.39 is 17.8 Å². The van der Waals surface area contributed by atoms with E-state index in [-0.39, 0.29) is 11.4 Å². The molecule has 1 aliphatic rings. The van der Waals surface area contributed by atoms with Crippen LogP contribution >= 0.6 is 0 Å². The third kappa shape index (κ3) is 3.62. The van der Waals surface area contributed by atoms with Crippen molar-refractivity contribution in [2.45, 2.75) is 27.7 Å². The van der Waals surface area contributed by atoms with Gasteiger partial charge in [0.2, 0.25) is 0 Å². The highest BCUT2D eigenvalue weighted by Crippen LogP contribution is 2.27. The quantitative estimate of drug-likeness (QED) is 0.490. The van der Waals surface area contributed by atoms with Crippen LogP contribution in [0.5, 0.6) is 0 Å². The van der Waals surface area contributed by atoms with Crippen LogP contribution in [-0.4, -0.2) is 22.4 Å². The van der Waals surface area contributed by atoms with Crippen molar-refractivity contribution in [3.05, 3.63) is 88.0 Å². The minimum absolute atomic E-state index is 0.151. The number of carbonyl (C=O) groups is 3. The maximum absolute atomic E-state index is 13.7. The maximum atomic E-state index is 13.7. The SMILES string of the molecule is Cc1ccc(N2C(=O)NC(=O)/C(=C\c3cc(C)n(-c4cccc(F)c4)c3C)C2=O)cc1C. The van der Waals surface area contributed by atoms with Gasteiger partial charge in [-0.05, 0) is 86.9 Å². The molecular formula is C25H22FN3O3. The number of rotatable bonds is 3. The Morgan fingerprint density at radius 3 is 2.31 bits per heavy atom. The Labute approximate surface area is 185 Å². The Bertz CT molecular complexity index is 1320. The van der Waals surface area contributed by atoms with Crippen LogP contribution in [0.1, 0.15) is 28.1 Å². The number of aromatic nitrogens is 1. The van der Waals surface area contributed by atoms with E-state index in [1.54, 1.807) is 24.3 Å². The van der Waals surface area contributed by atoms with Gasteiger partial charge in [0.25, 0.3) is 11.8 Å². The van der Waals surface area contributed by atoms with Gasteiger partial charge in [0, 0.05) is 17.1 Å². The van der Waals surface area contributed by atoms with Crippen LogP contribution < -0.4 is 10.2 Å². The summed E-state index contributed by atoms with van der Waals surface area (Å²) < 4.78 is 15.6. The molecule has 2 aromatic carbocycles. The van der Waals surface area contributed by atoms with Gasteiger partial charge in [-0.15, -0.1) is 0 Å². The Balaban J connectivity index is 1.77. The number of nitrogens with zero attached hydrogens (tertiary/aromatic N) is 2. The van der Waals surface area contributed by atoms with Crippen molar-refractivity contribution in [2.24, 2.45) is 0 Å². The highest BCUT2D eigenvalue weighted by molar-refractivity contribution is 6.39. The fourth-order valence-corrected chi connectivity index (χ4v) is 3.86. The number of urea groups is 1. The average molecular weight is 431 g/mol. The molecule has 1 fully saturated rings. The molecule has 7 heteroatoms. The predicted molar refractivity (Wildman–Crippen MR) is 120 cm³/mol. The van der Waals surface area contributed by atoms with Crippen molar-refractivity contribution >= 4 is 29.6 Å². The van der Waals surface area contributed by atoms with E-state index in [2.05, 4.69) is 5.32 Å². The number of nitrogens with one attached hydrogen (secondary N) is 1. The molecule has 1 aliphatic heterocycles. The summed E-state index contributed by atoms with van der Waals surface area (Å²) in [7, 11) is 0. The van der Waals surface area contributed by atoms with Crippen LogP contribution in [0.3, 0.4) is 0 Å². The molecule has 1 aromatic heterocycles. The average Bonchev–Trinajstić information content (AvgIpc) is 3.00. The monoisotopic (exact) mass is 431 g/mol. The summed E-state index contributed by atoms with van der Waals surface area (Å²) in [5, 5.41) is 2.25. The van der Waals surface area contributed by atoms with Gasteiger partial charge in [-0.1, -0.05) is 12.1 Å². The molecule has 162 valence electrons. The number of hydrogen-bond acceptors (Lipinski definition) is 3. The zero-order valence-corrected chi connectivity index (χ0v) is 18.2. The Hall–Kier alpha value is -4.00. The highest BCUT2D eigenvalue weighted by Gasteiger charge is 2.37. The van der Waals surface area contributed by atoms with E-state index in [9.17, 15) is 18.8 Å². The Kier molecular flexibility index (Phi) is 5.26. The first kappa shape index (κ1) is 21.2. The summed E-state index contributed by atoms with van der Waals surface area (Å²) in [4.78, 5) is 39.1. The van der Waals surface area contributed by atoms with Crippen LogP contribution in [0.4, 0.5) is 14.9 Å². The normalized spacial score (nSPS) is 15.5. The molecule has 0 saturated carbocycles. The molecule has 32 heavy (non-hydrogen) atoms. The molecule has 0 atom stereocenters. The first-order valence-corrected chi connectivity index (χ1v) is 10.1. The lowest BCUT2D eigenvalue weighted by atomic mass is 10.1. The van der Waals surface area contributed by atoms with Crippen molar-refractivity contribution in [3.63, 3.8) is 0 Å². The van der Waals surface area contributed by atoms with Gasteiger partial charge in [0.05, 0.1) is 5.69 Å². The largest absolute Gasteiger partial charge is 0.335 e. The van der Waals surface area contributed by atoms with Crippen LogP contribution in [0.15, 0.2) is 54.1 Å². The molecule has 0 bridgehead atoms. The standard InChI is InChI=1S/C25H22FN3O3/c1-14-8-9-21(10-15(14)2)29-24(31)22(23(30)27-25(29)32)12-18-11-16(3)28(17(18)4)20-7-5-6-19(26)13-20/h5-13H,1-4H3,(H,27,30,32)/b22-12+. The zero-order chi connectivity index (χ0) is 23.2. The summed E-state index contributed by atoms with van der Waals surface area (Å²) >= 11 is 0. The summed E-state index contributed by atoms with van der Waals surface area (Å²) in [6.45, 7) is 7.49. The van der Waals surface area contributed by atoms with Gasteiger partial charge >= 0.3 is 6.03 Å². The molecule has 0 spiro atoms. The second kappa shape index (κ2) is 7.92. The molecule has 4 amide bonds. The molecule has 0 radical (unpaired) electrons. The summed E-state index contributed by atoms with van der Waals surface area (Å²) in [6, 6.07) is 12.4. The first-order chi connectivity index (χ1) is 15.2. The van der Waals surface area contributed by atoms with E-state index in [1.807, 2.05) is 44.4 Å². The number of carbonyl (C=O) groups excluding carboxylic acids is 3. The molecule has 1 N–H and O–H groups in total. The number of imide groups is 2. The summed E-state index contributed by atoms with van der Waals surface area (Å²) in [5.41, 5.74) is 4.98. The molecule has 4 rings (SSSR count). The van der Waals surface area contributed by atoms with E-state index in [0.717, 1.165) is 27.4 Å². The molecular weight excluding hydrogens is 409 g/mol. The Morgan fingerprint density at radius 1 is 0.875 bits per heavy atom. The molecule has 3 aromatic rings. The number of hydrogen-bond donors (Lipinski definition) is 1. The van der Waals surface area contributed by atoms with Crippen LogP contribution in [-0.2, 0) is 9.59 Å². The number of barbiturate groups is 1. The number of halogens is 1. The Morgan fingerprint density at radius 2 is 1.62 bits per heavy atom. The van der Waals surface area contributed by atoms with E-state index >= 15 is 0 Å². The molecule has 6 nitrogen and oxygen atoms in total. The zero-order valence-electron chi connectivity index (χ0n) is 18.2. The molecule has 1 saturated heterocycles. The smallest absolute Gasteiger partial charge is 0.318 e. The van der Waals surface area contributed by atoms with Gasteiger partial charge in [0.1, 0.15) is 11.4 Å². The van der Waals surface area contributed by atoms with Crippen molar-refractivity contribution in [1.82, 2.24) is 9.88 Å². The van der Waals surface area contributed by atoms with Crippen LogP contribution in [0.25, 0.3) is 11.8 Å². The minimum Gasteiger partial charge on any atom is -0.318 e. The summed E-state index contributed by atoms with van der Waals surface area (Å²) in [5.74, 6) is -1.81. The first-order valence-electron chi connectivity index (χ1n) is 10.1. The number of benzene rings is 2. The van der Waals surface area contributed by atoms with Crippen molar-refractivity contribution < 1.29 is 18.8 Å². The third-order valence-corrected chi connectivity index (χ3v) is 5.69. The van der Waals surface area contributed by atoms with Gasteiger partial charge in [0.15, 0.2) is 0 Å². The van der Waals surface area contributed by atoms with Crippen molar-refractivity contribution in [2.75, 3.05) is 4.90 Å². The lowest BCUT2D eigenvalue weighted by molar-refractivity contribution is -0.122. The maximum Gasteiger partial charge on any atom is 0.335 e. The van der Waals surface area contributed by atoms with Crippen molar-refractivity contribution in [1.29, 1.82) is 0 Å². The minimum atomic E-state index is -0.786. The number of amides is 4. The van der Waals surface area contributed by atoms with Crippen LogP contribution in [0, 0.1) is 33.5 Å².